The molecule has 5 nitrogen and oxygen atoms in total. The Morgan fingerprint density at radius 2 is 1.83 bits per heavy atom. The number of hydrogen-bond donors (Lipinski definition) is 2. The first-order valence-electron chi connectivity index (χ1n) is 9.80. The second-order valence-electron chi connectivity index (χ2n) is 7.66. The molecule has 1 saturated carbocycles. The number of nitrogens with one attached hydrogen (secondary N) is 2. The van der Waals surface area contributed by atoms with Crippen molar-refractivity contribution in [2.45, 2.75) is 44.1 Å². The molecule has 8 heteroatoms. The molecule has 2 fully saturated rings. The van der Waals surface area contributed by atoms with Crippen LogP contribution in [0.2, 0.25) is 0 Å². The zero-order valence-corrected chi connectivity index (χ0v) is 15.9. The van der Waals surface area contributed by atoms with E-state index in [0.29, 0.717) is 18.2 Å². The summed E-state index contributed by atoms with van der Waals surface area (Å²) in [6.45, 7) is 2.12. The lowest BCUT2D eigenvalue weighted by atomic mass is 10.1. The van der Waals surface area contributed by atoms with E-state index in [1.54, 1.807) is 12.3 Å². The monoisotopic (exact) mass is 404 g/mol. The van der Waals surface area contributed by atoms with Crippen molar-refractivity contribution < 1.29 is 18.0 Å². The first-order chi connectivity index (χ1) is 13.9. The van der Waals surface area contributed by atoms with Crippen LogP contribution in [-0.4, -0.2) is 36.1 Å². The number of hydrogen-bond acceptors (Lipinski definition) is 4. The van der Waals surface area contributed by atoms with Gasteiger partial charge in [-0.3, -0.25) is 4.79 Å². The minimum Gasteiger partial charge on any atom is -0.355 e. The Morgan fingerprint density at radius 1 is 1.07 bits per heavy atom. The van der Waals surface area contributed by atoms with E-state index >= 15 is 0 Å². The van der Waals surface area contributed by atoms with Gasteiger partial charge in [0.1, 0.15) is 5.82 Å². The van der Waals surface area contributed by atoms with Crippen LogP contribution < -0.4 is 15.5 Å². The van der Waals surface area contributed by atoms with Crippen LogP contribution in [0.5, 0.6) is 0 Å². The Hall–Kier alpha value is -2.61. The zero-order valence-electron chi connectivity index (χ0n) is 15.9. The first kappa shape index (κ1) is 19.7. The highest BCUT2D eigenvalue weighted by atomic mass is 19.4. The van der Waals surface area contributed by atoms with Gasteiger partial charge in [-0.05, 0) is 49.1 Å². The van der Waals surface area contributed by atoms with Crippen molar-refractivity contribution in [3.8, 4) is 0 Å². The van der Waals surface area contributed by atoms with Gasteiger partial charge < -0.3 is 15.5 Å². The number of amides is 1. The lowest BCUT2D eigenvalue weighted by Crippen LogP contribution is -2.32. The maximum Gasteiger partial charge on any atom is 0.416 e. The van der Waals surface area contributed by atoms with Crippen molar-refractivity contribution in [2.75, 3.05) is 18.0 Å². The molecular weight excluding hydrogens is 381 g/mol. The molecule has 1 aliphatic heterocycles. The van der Waals surface area contributed by atoms with E-state index in [4.69, 9.17) is 0 Å². The average molecular weight is 404 g/mol. The highest BCUT2D eigenvalue weighted by Crippen LogP contribution is 2.29. The molecule has 29 heavy (non-hydrogen) atoms. The largest absolute Gasteiger partial charge is 0.416 e. The Bertz CT molecular complexity index is 848. The van der Waals surface area contributed by atoms with E-state index in [-0.39, 0.29) is 11.9 Å². The van der Waals surface area contributed by atoms with Gasteiger partial charge in [-0.1, -0.05) is 12.1 Å². The van der Waals surface area contributed by atoms with E-state index in [2.05, 4.69) is 20.5 Å². The zero-order chi connectivity index (χ0) is 20.4. The number of carbonyl (C=O) groups excluding carboxylic acids is 1. The molecule has 0 spiro atoms. The van der Waals surface area contributed by atoms with Crippen LogP contribution in [0.25, 0.3) is 0 Å². The molecule has 1 amide bonds. The Morgan fingerprint density at radius 3 is 2.45 bits per heavy atom. The quantitative estimate of drug-likeness (QED) is 0.775. The van der Waals surface area contributed by atoms with Gasteiger partial charge in [0.15, 0.2) is 0 Å². The maximum atomic E-state index is 12.6. The molecule has 1 saturated heterocycles. The molecular formula is C21H23F3N4O. The Kier molecular flexibility index (Phi) is 5.45. The molecule has 1 unspecified atom stereocenters. The topological polar surface area (TPSA) is 57.3 Å². The minimum atomic E-state index is -4.31. The molecule has 4 rings (SSSR count). The average Bonchev–Trinajstić information content (AvgIpc) is 3.39. The number of nitrogens with zero attached hydrogens (tertiary/aromatic N) is 2. The van der Waals surface area contributed by atoms with Gasteiger partial charge in [0, 0.05) is 37.9 Å². The van der Waals surface area contributed by atoms with E-state index in [0.717, 1.165) is 55.9 Å². The van der Waals surface area contributed by atoms with E-state index in [9.17, 15) is 18.0 Å². The fourth-order valence-corrected chi connectivity index (χ4v) is 3.41. The second kappa shape index (κ2) is 8.02. The molecule has 1 aromatic carbocycles. The molecule has 1 aliphatic carbocycles. The number of rotatable bonds is 6. The summed E-state index contributed by atoms with van der Waals surface area (Å²) in [6, 6.07) is 9.45. The normalized spacial score (nSPS) is 19.4. The summed E-state index contributed by atoms with van der Waals surface area (Å²) in [6.07, 6.45) is 0.319. The van der Waals surface area contributed by atoms with Crippen LogP contribution in [0.3, 0.4) is 0 Å². The van der Waals surface area contributed by atoms with Crippen LogP contribution >= 0.6 is 0 Å². The van der Waals surface area contributed by atoms with Gasteiger partial charge in [0.2, 0.25) is 0 Å². The summed E-state index contributed by atoms with van der Waals surface area (Å²) in [7, 11) is 0. The number of anilines is 1. The summed E-state index contributed by atoms with van der Waals surface area (Å²) in [5.41, 5.74) is 0.756. The van der Waals surface area contributed by atoms with Gasteiger partial charge in [-0.25, -0.2) is 4.98 Å². The highest BCUT2D eigenvalue weighted by Gasteiger charge is 2.30. The van der Waals surface area contributed by atoms with Gasteiger partial charge in [-0.15, -0.1) is 0 Å². The molecule has 2 N–H and O–H groups in total. The number of halogens is 3. The molecule has 154 valence electrons. The van der Waals surface area contributed by atoms with Crippen molar-refractivity contribution in [1.29, 1.82) is 0 Å². The predicted molar refractivity (Wildman–Crippen MR) is 104 cm³/mol. The van der Waals surface area contributed by atoms with Crippen molar-refractivity contribution in [1.82, 2.24) is 15.6 Å². The van der Waals surface area contributed by atoms with Gasteiger partial charge in [0.25, 0.3) is 5.91 Å². The third-order valence-corrected chi connectivity index (χ3v) is 5.31. The number of pyridine rings is 1. The number of carbonyl (C=O) groups is 1. The van der Waals surface area contributed by atoms with Crippen LogP contribution in [-0.2, 0) is 12.7 Å². The summed E-state index contributed by atoms with van der Waals surface area (Å²) in [5.74, 6) is 0.746. The van der Waals surface area contributed by atoms with Gasteiger partial charge >= 0.3 is 6.18 Å². The predicted octanol–water partition coefficient (Wildman–Crippen LogP) is 3.36. The summed E-state index contributed by atoms with van der Waals surface area (Å²) in [5, 5.41) is 6.34. The van der Waals surface area contributed by atoms with Crippen LogP contribution in [0.1, 0.15) is 40.7 Å². The fourth-order valence-electron chi connectivity index (χ4n) is 3.41. The Labute approximate surface area is 167 Å². The van der Waals surface area contributed by atoms with Crippen molar-refractivity contribution >= 4 is 11.7 Å². The second-order valence-corrected chi connectivity index (χ2v) is 7.66. The SMILES string of the molecule is O=C(NC1CC1)c1ccc(N2CCC(NCc3ccc(C(F)(F)F)cc3)C2)nc1. The summed E-state index contributed by atoms with van der Waals surface area (Å²) in [4.78, 5) is 18.6. The minimum absolute atomic E-state index is 0.0796. The Balaban J connectivity index is 1.27. The third kappa shape index (κ3) is 5.06. The summed E-state index contributed by atoms with van der Waals surface area (Å²) < 4.78 is 37.9. The maximum absolute atomic E-state index is 12.6. The molecule has 0 radical (unpaired) electrons. The lowest BCUT2D eigenvalue weighted by Gasteiger charge is -2.18. The molecule has 1 aromatic heterocycles. The number of aromatic nitrogens is 1. The molecule has 1 atom stereocenters. The molecule has 2 heterocycles. The number of alkyl halides is 3. The van der Waals surface area contributed by atoms with Gasteiger partial charge in [0.05, 0.1) is 11.1 Å². The van der Waals surface area contributed by atoms with Crippen LogP contribution in [0, 0.1) is 0 Å². The molecule has 0 bridgehead atoms. The van der Waals surface area contributed by atoms with Crippen molar-refractivity contribution in [2.24, 2.45) is 0 Å². The third-order valence-electron chi connectivity index (χ3n) is 5.31. The fraction of sp³-hybridized carbons (Fsp3) is 0.429. The van der Waals surface area contributed by atoms with E-state index in [1.807, 2.05) is 6.07 Å². The number of benzene rings is 1. The first-order valence-corrected chi connectivity index (χ1v) is 9.80. The van der Waals surface area contributed by atoms with E-state index < -0.39 is 11.7 Å². The standard InChI is InChI=1S/C21H23F3N4O/c22-21(23,24)16-4-1-14(2-5-16)11-25-18-9-10-28(13-18)19-8-3-15(12-26-19)20(29)27-17-6-7-17/h1-5,8,12,17-18,25H,6-7,9-11,13H2,(H,27,29). The van der Waals surface area contributed by atoms with Crippen LogP contribution in [0.15, 0.2) is 42.6 Å². The van der Waals surface area contributed by atoms with Crippen LogP contribution in [0.4, 0.5) is 19.0 Å². The van der Waals surface area contributed by atoms with Gasteiger partial charge in [-0.2, -0.15) is 13.2 Å². The lowest BCUT2D eigenvalue weighted by molar-refractivity contribution is -0.137. The highest BCUT2D eigenvalue weighted by molar-refractivity contribution is 5.94. The summed E-state index contributed by atoms with van der Waals surface area (Å²) >= 11 is 0. The van der Waals surface area contributed by atoms with Crippen molar-refractivity contribution in [3.63, 3.8) is 0 Å². The van der Waals surface area contributed by atoms with E-state index in [1.165, 1.54) is 12.1 Å². The molecule has 2 aliphatic rings. The molecule has 2 aromatic rings. The smallest absolute Gasteiger partial charge is 0.355 e. The van der Waals surface area contributed by atoms with Crippen molar-refractivity contribution in [3.05, 3.63) is 59.3 Å².